The molecule has 2 N–H and O–H groups in total. The minimum atomic E-state index is -0.0238. The van der Waals surface area contributed by atoms with Crippen molar-refractivity contribution in [3.63, 3.8) is 0 Å². The van der Waals surface area contributed by atoms with Crippen LogP contribution in [0.1, 0.15) is 41.0 Å². The van der Waals surface area contributed by atoms with Crippen LogP contribution in [-0.2, 0) is 19.4 Å². The summed E-state index contributed by atoms with van der Waals surface area (Å²) < 4.78 is 19.0. The van der Waals surface area contributed by atoms with E-state index in [1.807, 2.05) is 32.0 Å². The van der Waals surface area contributed by atoms with E-state index in [2.05, 4.69) is 10.3 Å². The highest BCUT2D eigenvalue weighted by Crippen LogP contribution is 2.33. The molecule has 4 aromatic rings. The van der Waals surface area contributed by atoms with Gasteiger partial charge in [-0.2, -0.15) is 5.10 Å². The van der Waals surface area contributed by atoms with Gasteiger partial charge in [0.2, 0.25) is 5.88 Å². The van der Waals surface area contributed by atoms with Gasteiger partial charge in [0.1, 0.15) is 5.76 Å². The highest BCUT2D eigenvalue weighted by atomic mass is 16.5. The number of unbranched alkanes of at least 4 members (excludes halogenated alkanes) is 1. The van der Waals surface area contributed by atoms with Crippen LogP contribution in [0.3, 0.4) is 0 Å². The van der Waals surface area contributed by atoms with Gasteiger partial charge in [0.25, 0.3) is 0 Å². The minimum Gasteiger partial charge on any atom is -0.494 e. The van der Waals surface area contributed by atoms with Gasteiger partial charge in [-0.1, -0.05) is 11.2 Å². The molecule has 34 heavy (non-hydrogen) atoms. The Morgan fingerprint density at radius 3 is 2.47 bits per heavy atom. The van der Waals surface area contributed by atoms with E-state index >= 15 is 0 Å². The van der Waals surface area contributed by atoms with Crippen molar-refractivity contribution in [3.05, 3.63) is 64.8 Å². The zero-order valence-corrected chi connectivity index (χ0v) is 19.9. The summed E-state index contributed by atoms with van der Waals surface area (Å²) in [7, 11) is 3.25. The number of hydrogen-bond donors (Lipinski definition) is 2. The number of benzene rings is 1. The standard InChI is InChI=1S/C25H30N4O5/c1-16-21(17(2)34-27-16)15-28-14-20(13-26-28)29-24(30)12-19(25(29)31)8-6-5-7-18-9-10-22(32-3)23(11-18)33-4/h9-14,30-31H,5-8,15H2,1-4H3. The zero-order chi connectivity index (χ0) is 24.2. The van der Waals surface area contributed by atoms with Crippen LogP contribution in [0.2, 0.25) is 0 Å². The van der Waals surface area contributed by atoms with E-state index in [1.165, 1.54) is 4.57 Å². The van der Waals surface area contributed by atoms with Crippen LogP contribution < -0.4 is 9.47 Å². The smallest absolute Gasteiger partial charge is 0.202 e. The third-order valence-corrected chi connectivity index (χ3v) is 6.02. The summed E-state index contributed by atoms with van der Waals surface area (Å²) >= 11 is 0. The van der Waals surface area contributed by atoms with E-state index in [0.29, 0.717) is 30.0 Å². The quantitative estimate of drug-likeness (QED) is 0.335. The number of aromatic hydroxyl groups is 2. The normalized spacial score (nSPS) is 11.2. The minimum absolute atomic E-state index is 0.0238. The van der Waals surface area contributed by atoms with Gasteiger partial charge in [0.15, 0.2) is 17.4 Å². The molecule has 0 atom stereocenters. The molecule has 1 aromatic carbocycles. The van der Waals surface area contributed by atoms with Gasteiger partial charge in [-0.15, -0.1) is 0 Å². The molecular formula is C25H30N4O5. The monoisotopic (exact) mass is 466 g/mol. The van der Waals surface area contributed by atoms with Gasteiger partial charge < -0.3 is 24.2 Å². The number of methoxy groups -OCH3 is 2. The summed E-state index contributed by atoms with van der Waals surface area (Å²) in [5.74, 6) is 2.18. The summed E-state index contributed by atoms with van der Waals surface area (Å²) in [6.45, 7) is 4.24. The van der Waals surface area contributed by atoms with Crippen LogP contribution >= 0.6 is 0 Å². The lowest BCUT2D eigenvalue weighted by Gasteiger charge is -2.09. The van der Waals surface area contributed by atoms with Crippen molar-refractivity contribution in [2.75, 3.05) is 14.2 Å². The van der Waals surface area contributed by atoms with E-state index < -0.39 is 0 Å². The summed E-state index contributed by atoms with van der Waals surface area (Å²) in [6, 6.07) is 7.53. The molecule has 0 bridgehead atoms. The van der Waals surface area contributed by atoms with E-state index in [4.69, 9.17) is 14.0 Å². The van der Waals surface area contributed by atoms with Crippen molar-refractivity contribution >= 4 is 0 Å². The van der Waals surface area contributed by atoms with Crippen molar-refractivity contribution in [3.8, 4) is 28.9 Å². The Kier molecular flexibility index (Phi) is 6.81. The fourth-order valence-electron chi connectivity index (χ4n) is 4.10. The molecule has 180 valence electrons. The first-order valence-corrected chi connectivity index (χ1v) is 11.2. The lowest BCUT2D eigenvalue weighted by Crippen LogP contribution is -2.02. The van der Waals surface area contributed by atoms with Crippen molar-refractivity contribution in [2.24, 2.45) is 0 Å². The van der Waals surface area contributed by atoms with Crippen molar-refractivity contribution in [1.29, 1.82) is 0 Å². The van der Waals surface area contributed by atoms with Crippen LogP contribution in [0.15, 0.2) is 41.2 Å². The van der Waals surface area contributed by atoms with Crippen molar-refractivity contribution in [1.82, 2.24) is 19.5 Å². The van der Waals surface area contributed by atoms with Crippen molar-refractivity contribution in [2.45, 2.75) is 46.1 Å². The molecule has 0 saturated carbocycles. The van der Waals surface area contributed by atoms with E-state index in [9.17, 15) is 10.2 Å². The van der Waals surface area contributed by atoms with E-state index in [-0.39, 0.29) is 11.8 Å². The van der Waals surface area contributed by atoms with Crippen LogP contribution in [-0.4, -0.2) is 43.9 Å². The molecule has 3 heterocycles. The second kappa shape index (κ2) is 9.94. The highest BCUT2D eigenvalue weighted by molar-refractivity contribution is 5.45. The number of aromatic nitrogens is 4. The second-order valence-electron chi connectivity index (χ2n) is 8.28. The molecular weight excluding hydrogens is 436 g/mol. The van der Waals surface area contributed by atoms with Crippen molar-refractivity contribution < 1.29 is 24.2 Å². The van der Waals surface area contributed by atoms with E-state index in [0.717, 1.165) is 47.6 Å². The number of hydrogen-bond acceptors (Lipinski definition) is 7. The molecule has 9 heteroatoms. The first-order valence-electron chi connectivity index (χ1n) is 11.2. The molecule has 0 saturated heterocycles. The molecule has 0 aliphatic heterocycles. The molecule has 9 nitrogen and oxygen atoms in total. The SMILES string of the molecule is COc1ccc(CCCCc2cc(O)n(-c3cnn(Cc4c(C)noc4C)c3)c2O)cc1OC. The van der Waals surface area contributed by atoms with Gasteiger partial charge in [-0.3, -0.25) is 4.68 Å². The Balaban J connectivity index is 1.39. The molecule has 3 aromatic heterocycles. The van der Waals surface area contributed by atoms with Gasteiger partial charge in [-0.05, 0) is 57.2 Å². The fraction of sp³-hybridized carbons (Fsp3) is 0.360. The predicted molar refractivity (Wildman–Crippen MR) is 126 cm³/mol. The summed E-state index contributed by atoms with van der Waals surface area (Å²) in [5, 5.41) is 29.6. The summed E-state index contributed by atoms with van der Waals surface area (Å²) in [4.78, 5) is 0. The molecule has 0 aliphatic rings. The van der Waals surface area contributed by atoms with Crippen LogP contribution in [0.5, 0.6) is 23.3 Å². The fourth-order valence-corrected chi connectivity index (χ4v) is 4.10. The van der Waals surface area contributed by atoms with Gasteiger partial charge in [-0.25, -0.2) is 4.57 Å². The topological polar surface area (TPSA) is 108 Å². The Hall–Kier alpha value is -3.88. The average Bonchev–Trinajstić information content (AvgIpc) is 3.50. The Labute approximate surface area is 198 Å². The van der Waals surface area contributed by atoms with Gasteiger partial charge in [0, 0.05) is 23.4 Å². The molecule has 4 rings (SSSR count). The molecule has 0 radical (unpaired) electrons. The first kappa shape index (κ1) is 23.3. The maximum Gasteiger partial charge on any atom is 0.202 e. The van der Waals surface area contributed by atoms with Gasteiger partial charge in [0.05, 0.1) is 38.3 Å². The molecule has 0 aliphatic carbocycles. The van der Waals surface area contributed by atoms with Crippen LogP contribution in [0.25, 0.3) is 5.69 Å². The predicted octanol–water partition coefficient (Wildman–Crippen LogP) is 4.32. The van der Waals surface area contributed by atoms with Gasteiger partial charge >= 0.3 is 0 Å². The average molecular weight is 467 g/mol. The lowest BCUT2D eigenvalue weighted by molar-refractivity contribution is 0.354. The molecule has 0 fully saturated rings. The lowest BCUT2D eigenvalue weighted by atomic mass is 10.0. The number of aryl methyl sites for hydroxylation is 4. The number of ether oxygens (including phenoxy) is 2. The first-order chi connectivity index (χ1) is 16.4. The van der Waals surface area contributed by atoms with E-state index in [1.54, 1.807) is 37.4 Å². The largest absolute Gasteiger partial charge is 0.494 e. The molecule has 0 unspecified atom stereocenters. The summed E-state index contributed by atoms with van der Waals surface area (Å²) in [5.41, 5.74) is 4.22. The van der Waals surface area contributed by atoms with Crippen LogP contribution in [0.4, 0.5) is 0 Å². The molecule has 0 amide bonds. The third-order valence-electron chi connectivity index (χ3n) is 6.02. The second-order valence-corrected chi connectivity index (χ2v) is 8.28. The Bertz CT molecular complexity index is 1250. The maximum atomic E-state index is 10.8. The molecule has 0 spiro atoms. The maximum absolute atomic E-state index is 10.8. The zero-order valence-electron chi connectivity index (χ0n) is 19.9. The summed E-state index contributed by atoms with van der Waals surface area (Å²) in [6.07, 6.45) is 6.69. The highest BCUT2D eigenvalue weighted by Gasteiger charge is 2.17. The Morgan fingerprint density at radius 1 is 1.00 bits per heavy atom. The number of nitrogens with zero attached hydrogens (tertiary/aromatic N) is 4. The number of rotatable bonds is 10. The van der Waals surface area contributed by atoms with Crippen LogP contribution in [0, 0.1) is 13.8 Å². The third kappa shape index (κ3) is 4.73. The Morgan fingerprint density at radius 2 is 1.76 bits per heavy atom.